The number of hydrogen-bond acceptors (Lipinski definition) is 4. The van der Waals surface area contributed by atoms with Crippen molar-refractivity contribution in [3.05, 3.63) is 0 Å². The van der Waals surface area contributed by atoms with Gasteiger partial charge in [-0.15, -0.1) is 0 Å². The number of carbonyl (C=O) groups excluding carboxylic acids is 3. The summed E-state index contributed by atoms with van der Waals surface area (Å²) in [5.41, 5.74) is 0. The first-order chi connectivity index (χ1) is 7.11. The molecule has 0 saturated carbocycles. The topological polar surface area (TPSA) is 63.7 Å². The van der Waals surface area contributed by atoms with Crippen LogP contribution < -0.4 is 0 Å². The highest BCUT2D eigenvalue weighted by molar-refractivity contribution is 6.11. The maximum absolute atomic E-state index is 11.6. The minimum absolute atomic E-state index is 0.0703. The Labute approximate surface area is 87.4 Å². The molecule has 2 saturated heterocycles. The molecule has 0 bridgehead atoms. The minimum atomic E-state index is -0.977. The number of methoxy groups -OCH3 is 1. The third-order valence-corrected chi connectivity index (χ3v) is 3.25. The van der Waals surface area contributed by atoms with Crippen molar-refractivity contribution in [3.8, 4) is 0 Å². The quantitative estimate of drug-likeness (QED) is 0.358. The monoisotopic (exact) mass is 211 g/mol. The van der Waals surface area contributed by atoms with Crippen LogP contribution in [-0.2, 0) is 19.1 Å². The summed E-state index contributed by atoms with van der Waals surface area (Å²) >= 11 is 0. The molecule has 0 aromatic rings. The van der Waals surface area contributed by atoms with Gasteiger partial charge in [-0.2, -0.15) is 0 Å². The van der Waals surface area contributed by atoms with Gasteiger partial charge < -0.3 is 9.64 Å². The van der Waals surface area contributed by atoms with Gasteiger partial charge in [-0.3, -0.25) is 9.59 Å². The molecule has 2 rings (SSSR count). The van der Waals surface area contributed by atoms with Crippen LogP contribution in [0.1, 0.15) is 19.8 Å². The lowest BCUT2D eigenvalue weighted by Crippen LogP contribution is -2.61. The Morgan fingerprint density at radius 3 is 2.73 bits per heavy atom. The summed E-state index contributed by atoms with van der Waals surface area (Å²) in [5.74, 6) is -0.992. The highest BCUT2D eigenvalue weighted by Gasteiger charge is 2.59. The molecule has 0 aromatic heterocycles. The van der Waals surface area contributed by atoms with Crippen molar-refractivity contribution in [2.24, 2.45) is 5.92 Å². The Hall–Kier alpha value is -1.39. The van der Waals surface area contributed by atoms with Crippen molar-refractivity contribution in [3.63, 3.8) is 0 Å². The molecule has 2 aliphatic rings. The molecule has 3 atom stereocenters. The molecule has 5 heteroatoms. The molecule has 15 heavy (non-hydrogen) atoms. The van der Waals surface area contributed by atoms with E-state index in [2.05, 4.69) is 4.74 Å². The van der Waals surface area contributed by atoms with Gasteiger partial charge in [0.25, 0.3) is 0 Å². The molecule has 0 aliphatic carbocycles. The summed E-state index contributed by atoms with van der Waals surface area (Å²) in [7, 11) is 1.23. The van der Waals surface area contributed by atoms with Crippen molar-refractivity contribution in [2.45, 2.75) is 31.8 Å². The number of ether oxygens (including phenoxy) is 1. The SMILES string of the molecule is CC[C@H]1C(=O)N2[C@@H](C(=O)OC)C(=O)C[C@H]12. The van der Waals surface area contributed by atoms with Gasteiger partial charge in [-0.1, -0.05) is 6.92 Å². The Bertz CT molecular complexity index is 338. The Morgan fingerprint density at radius 2 is 2.20 bits per heavy atom. The first-order valence-electron chi connectivity index (χ1n) is 5.04. The van der Waals surface area contributed by atoms with E-state index in [0.29, 0.717) is 6.42 Å². The van der Waals surface area contributed by atoms with E-state index in [0.717, 1.165) is 6.42 Å². The van der Waals surface area contributed by atoms with Crippen LogP contribution in [0.15, 0.2) is 0 Å². The Balaban J connectivity index is 2.20. The predicted molar refractivity (Wildman–Crippen MR) is 49.8 cm³/mol. The van der Waals surface area contributed by atoms with Crippen LogP contribution in [0.25, 0.3) is 0 Å². The summed E-state index contributed by atoms with van der Waals surface area (Å²) in [6, 6.07) is -1.05. The van der Waals surface area contributed by atoms with E-state index in [1.54, 1.807) is 0 Å². The van der Waals surface area contributed by atoms with Crippen LogP contribution in [0.4, 0.5) is 0 Å². The van der Waals surface area contributed by atoms with Crippen LogP contribution in [0.5, 0.6) is 0 Å². The average molecular weight is 211 g/mol. The number of ketones is 1. The van der Waals surface area contributed by atoms with Crippen molar-refractivity contribution in [1.82, 2.24) is 4.90 Å². The van der Waals surface area contributed by atoms with Gasteiger partial charge in [0.15, 0.2) is 11.8 Å². The van der Waals surface area contributed by atoms with Gasteiger partial charge in [0.05, 0.1) is 19.1 Å². The second-order valence-corrected chi connectivity index (χ2v) is 3.92. The van der Waals surface area contributed by atoms with Gasteiger partial charge in [-0.05, 0) is 6.42 Å². The maximum atomic E-state index is 11.6. The molecule has 2 fully saturated rings. The molecule has 5 nitrogen and oxygen atoms in total. The van der Waals surface area contributed by atoms with Gasteiger partial charge in [0.1, 0.15) is 0 Å². The number of β-lactam (4-membered cyclic amide) rings is 1. The van der Waals surface area contributed by atoms with E-state index >= 15 is 0 Å². The summed E-state index contributed by atoms with van der Waals surface area (Å²) < 4.78 is 4.52. The predicted octanol–water partition coefficient (Wildman–Crippen LogP) is -0.262. The molecule has 2 heterocycles. The van der Waals surface area contributed by atoms with Gasteiger partial charge in [0.2, 0.25) is 5.91 Å². The smallest absolute Gasteiger partial charge is 0.336 e. The second-order valence-electron chi connectivity index (χ2n) is 3.92. The van der Waals surface area contributed by atoms with E-state index in [1.807, 2.05) is 6.92 Å². The van der Waals surface area contributed by atoms with Crippen molar-refractivity contribution >= 4 is 17.7 Å². The fourth-order valence-electron chi connectivity index (χ4n) is 2.47. The van der Waals surface area contributed by atoms with Crippen LogP contribution in [0.2, 0.25) is 0 Å². The number of fused-ring (bicyclic) bond motifs is 1. The molecule has 0 radical (unpaired) electrons. The molecule has 0 spiro atoms. The first kappa shape index (κ1) is 10.1. The second kappa shape index (κ2) is 3.32. The fourth-order valence-corrected chi connectivity index (χ4v) is 2.47. The standard InChI is InChI=1S/C10H13NO4/c1-3-5-6-4-7(12)8(10(14)15-2)11(6)9(5)13/h5-6,8H,3-4H2,1-2H3/t5-,6-,8-/m1/s1. The number of nitrogens with zero attached hydrogens (tertiary/aromatic N) is 1. The summed E-state index contributed by atoms with van der Waals surface area (Å²) in [6.07, 6.45) is 1.02. The molecule has 0 N–H and O–H groups in total. The zero-order chi connectivity index (χ0) is 11.2. The normalized spacial score (nSPS) is 33.7. The molecule has 2 aliphatic heterocycles. The Kier molecular flexibility index (Phi) is 2.25. The van der Waals surface area contributed by atoms with Crippen LogP contribution in [-0.4, -0.2) is 41.8 Å². The third-order valence-electron chi connectivity index (χ3n) is 3.25. The van der Waals surface area contributed by atoms with Crippen LogP contribution in [0.3, 0.4) is 0 Å². The summed E-state index contributed by atoms with van der Waals surface area (Å²) in [6.45, 7) is 1.91. The minimum Gasteiger partial charge on any atom is -0.467 e. The zero-order valence-corrected chi connectivity index (χ0v) is 8.73. The van der Waals surface area contributed by atoms with Gasteiger partial charge >= 0.3 is 5.97 Å². The summed E-state index contributed by atoms with van der Waals surface area (Å²) in [5, 5.41) is 0. The number of amides is 1. The van der Waals surface area contributed by atoms with Crippen molar-refractivity contribution in [2.75, 3.05) is 7.11 Å². The molecule has 0 unspecified atom stereocenters. The van der Waals surface area contributed by atoms with Crippen LogP contribution >= 0.6 is 0 Å². The first-order valence-corrected chi connectivity index (χ1v) is 5.04. The molecule has 0 aromatic carbocycles. The third kappa shape index (κ3) is 1.19. The number of esters is 1. The molecule has 82 valence electrons. The van der Waals surface area contributed by atoms with E-state index in [4.69, 9.17) is 0 Å². The van der Waals surface area contributed by atoms with E-state index < -0.39 is 12.0 Å². The lowest BCUT2D eigenvalue weighted by atomic mass is 9.86. The number of Topliss-reactive ketones (excluding diaryl/α,β-unsaturated/α-hetero) is 1. The van der Waals surface area contributed by atoms with E-state index in [-0.39, 0.29) is 23.7 Å². The van der Waals surface area contributed by atoms with Gasteiger partial charge in [0, 0.05) is 6.42 Å². The number of rotatable bonds is 2. The average Bonchev–Trinajstić information content (AvgIpc) is 2.52. The van der Waals surface area contributed by atoms with Gasteiger partial charge in [-0.25, -0.2) is 4.79 Å². The van der Waals surface area contributed by atoms with Crippen molar-refractivity contribution < 1.29 is 19.1 Å². The number of carbonyl (C=O) groups is 3. The Morgan fingerprint density at radius 1 is 1.53 bits per heavy atom. The largest absolute Gasteiger partial charge is 0.467 e. The summed E-state index contributed by atoms with van der Waals surface area (Å²) in [4.78, 5) is 35.9. The number of hydrogen-bond donors (Lipinski definition) is 0. The van der Waals surface area contributed by atoms with E-state index in [1.165, 1.54) is 12.0 Å². The maximum Gasteiger partial charge on any atom is 0.336 e. The molecule has 1 amide bonds. The lowest BCUT2D eigenvalue weighted by Gasteiger charge is -2.43. The highest BCUT2D eigenvalue weighted by Crippen LogP contribution is 2.39. The highest BCUT2D eigenvalue weighted by atomic mass is 16.5. The zero-order valence-electron chi connectivity index (χ0n) is 8.73. The van der Waals surface area contributed by atoms with Crippen molar-refractivity contribution in [1.29, 1.82) is 0 Å². The molecular formula is C10H13NO4. The van der Waals surface area contributed by atoms with Crippen LogP contribution in [0, 0.1) is 5.92 Å². The fraction of sp³-hybridized carbons (Fsp3) is 0.700. The van der Waals surface area contributed by atoms with E-state index in [9.17, 15) is 14.4 Å². The molecular weight excluding hydrogens is 198 g/mol. The lowest BCUT2D eigenvalue weighted by molar-refractivity contribution is -0.166.